The van der Waals surface area contributed by atoms with Crippen molar-refractivity contribution in [1.82, 2.24) is 4.98 Å². The Morgan fingerprint density at radius 2 is 1.88 bits per heavy atom. The summed E-state index contributed by atoms with van der Waals surface area (Å²) in [5.74, 6) is 0.178. The fourth-order valence-electron chi connectivity index (χ4n) is 2.46. The molecule has 3 rings (SSSR count). The molecule has 0 atom stereocenters. The largest absolute Gasteiger partial charge is 0.444 e. The van der Waals surface area contributed by atoms with Gasteiger partial charge in [0, 0.05) is 10.6 Å². The SMILES string of the molecule is Cc1cccc(CS(=O)(=O)Cc2coc(-c3cccc(Cl)c3)n2)c1. The van der Waals surface area contributed by atoms with E-state index >= 15 is 0 Å². The molecule has 0 fully saturated rings. The van der Waals surface area contributed by atoms with E-state index in [9.17, 15) is 8.42 Å². The molecule has 0 radical (unpaired) electrons. The molecule has 0 unspecified atom stereocenters. The molecule has 1 heterocycles. The highest BCUT2D eigenvalue weighted by Crippen LogP contribution is 2.23. The summed E-state index contributed by atoms with van der Waals surface area (Å²) < 4.78 is 30.1. The van der Waals surface area contributed by atoms with Gasteiger partial charge in [-0.05, 0) is 30.7 Å². The van der Waals surface area contributed by atoms with Gasteiger partial charge in [0.1, 0.15) is 6.26 Å². The van der Waals surface area contributed by atoms with Gasteiger partial charge in [-0.15, -0.1) is 0 Å². The predicted octanol–water partition coefficient (Wildman–Crippen LogP) is 4.42. The average Bonchev–Trinajstić information content (AvgIpc) is 2.94. The van der Waals surface area contributed by atoms with Crippen molar-refractivity contribution in [3.63, 3.8) is 0 Å². The van der Waals surface area contributed by atoms with Crippen LogP contribution in [0.1, 0.15) is 16.8 Å². The third-order valence-corrected chi connectivity index (χ3v) is 5.20. The van der Waals surface area contributed by atoms with Crippen LogP contribution >= 0.6 is 11.6 Å². The lowest BCUT2D eigenvalue weighted by atomic mass is 10.2. The summed E-state index contributed by atoms with van der Waals surface area (Å²) in [5, 5.41) is 0.569. The van der Waals surface area contributed by atoms with Crippen molar-refractivity contribution in [2.24, 2.45) is 0 Å². The van der Waals surface area contributed by atoms with Crippen molar-refractivity contribution in [2.75, 3.05) is 0 Å². The van der Waals surface area contributed by atoms with Crippen LogP contribution in [-0.4, -0.2) is 13.4 Å². The maximum Gasteiger partial charge on any atom is 0.226 e. The fraction of sp³-hybridized carbons (Fsp3) is 0.167. The zero-order chi connectivity index (χ0) is 17.2. The third-order valence-electron chi connectivity index (χ3n) is 3.46. The molecule has 4 nitrogen and oxygen atoms in total. The first kappa shape index (κ1) is 16.7. The summed E-state index contributed by atoms with van der Waals surface area (Å²) in [7, 11) is -3.33. The van der Waals surface area contributed by atoms with E-state index in [0.717, 1.165) is 11.1 Å². The Morgan fingerprint density at radius 1 is 1.08 bits per heavy atom. The first-order valence-corrected chi connectivity index (χ1v) is 9.57. The van der Waals surface area contributed by atoms with Gasteiger partial charge in [0.15, 0.2) is 9.84 Å². The second-order valence-corrected chi connectivity index (χ2v) is 8.18. The minimum absolute atomic E-state index is 0.0198. The van der Waals surface area contributed by atoms with Crippen LogP contribution in [0.5, 0.6) is 0 Å². The van der Waals surface area contributed by atoms with E-state index in [1.165, 1.54) is 6.26 Å². The molecule has 1 aromatic heterocycles. The molecule has 3 aromatic rings. The number of rotatable bonds is 5. The molecule has 0 N–H and O–H groups in total. The smallest absolute Gasteiger partial charge is 0.226 e. The number of aryl methyl sites for hydroxylation is 1. The van der Waals surface area contributed by atoms with Crippen molar-refractivity contribution in [2.45, 2.75) is 18.4 Å². The molecule has 0 aliphatic heterocycles. The van der Waals surface area contributed by atoms with E-state index in [-0.39, 0.29) is 11.5 Å². The maximum absolute atomic E-state index is 12.4. The van der Waals surface area contributed by atoms with E-state index in [1.807, 2.05) is 37.3 Å². The van der Waals surface area contributed by atoms with Crippen LogP contribution in [-0.2, 0) is 21.3 Å². The molecule has 0 amide bonds. The van der Waals surface area contributed by atoms with E-state index < -0.39 is 9.84 Å². The zero-order valence-corrected chi connectivity index (χ0v) is 14.6. The summed E-state index contributed by atoms with van der Waals surface area (Å²) in [4.78, 5) is 4.26. The van der Waals surface area contributed by atoms with Gasteiger partial charge in [-0.1, -0.05) is 47.5 Å². The topological polar surface area (TPSA) is 60.2 Å². The Labute approximate surface area is 146 Å². The number of sulfone groups is 1. The summed E-state index contributed by atoms with van der Waals surface area (Å²) in [5.41, 5.74) is 2.91. The van der Waals surface area contributed by atoms with Crippen molar-refractivity contribution in [3.05, 3.63) is 76.6 Å². The molecule has 0 saturated carbocycles. The van der Waals surface area contributed by atoms with Crippen molar-refractivity contribution >= 4 is 21.4 Å². The molecule has 6 heteroatoms. The molecule has 124 valence electrons. The Morgan fingerprint density at radius 3 is 2.62 bits per heavy atom. The molecule has 24 heavy (non-hydrogen) atoms. The highest BCUT2D eigenvalue weighted by Gasteiger charge is 2.17. The number of halogens is 1. The molecule has 0 aliphatic rings. The van der Waals surface area contributed by atoms with Crippen LogP contribution in [0.15, 0.2) is 59.2 Å². The normalized spacial score (nSPS) is 11.6. The highest BCUT2D eigenvalue weighted by atomic mass is 35.5. The lowest BCUT2D eigenvalue weighted by Gasteiger charge is -2.03. The van der Waals surface area contributed by atoms with Gasteiger partial charge >= 0.3 is 0 Å². The molecule has 0 aliphatic carbocycles. The molecule has 0 spiro atoms. The lowest BCUT2D eigenvalue weighted by Crippen LogP contribution is -2.08. The minimum Gasteiger partial charge on any atom is -0.444 e. The van der Waals surface area contributed by atoms with Gasteiger partial charge in [-0.2, -0.15) is 0 Å². The molecular formula is C18H16ClNO3S. The zero-order valence-electron chi connectivity index (χ0n) is 13.1. The van der Waals surface area contributed by atoms with Gasteiger partial charge in [-0.25, -0.2) is 13.4 Å². The van der Waals surface area contributed by atoms with Crippen LogP contribution in [0.4, 0.5) is 0 Å². The second-order valence-electron chi connectivity index (χ2n) is 5.68. The van der Waals surface area contributed by atoms with E-state index in [1.54, 1.807) is 18.2 Å². The number of nitrogens with zero attached hydrogens (tertiary/aromatic N) is 1. The van der Waals surface area contributed by atoms with Crippen LogP contribution in [0.2, 0.25) is 5.02 Å². The average molecular weight is 362 g/mol. The van der Waals surface area contributed by atoms with Crippen LogP contribution in [0.3, 0.4) is 0 Å². The molecular weight excluding hydrogens is 346 g/mol. The fourth-order valence-corrected chi connectivity index (χ4v) is 4.02. The number of hydrogen-bond donors (Lipinski definition) is 0. The van der Waals surface area contributed by atoms with Crippen LogP contribution in [0.25, 0.3) is 11.5 Å². The summed E-state index contributed by atoms with van der Waals surface area (Å²) in [6.45, 7) is 1.94. The van der Waals surface area contributed by atoms with E-state index in [0.29, 0.717) is 22.2 Å². The third kappa shape index (κ3) is 4.24. The van der Waals surface area contributed by atoms with Gasteiger partial charge in [0.25, 0.3) is 0 Å². The molecule has 0 saturated heterocycles. The van der Waals surface area contributed by atoms with Gasteiger partial charge < -0.3 is 4.42 Å². The Balaban J connectivity index is 1.76. The van der Waals surface area contributed by atoms with Gasteiger partial charge in [-0.3, -0.25) is 0 Å². The molecule has 2 aromatic carbocycles. The highest BCUT2D eigenvalue weighted by molar-refractivity contribution is 7.89. The van der Waals surface area contributed by atoms with E-state index in [2.05, 4.69) is 4.98 Å². The lowest BCUT2D eigenvalue weighted by molar-refractivity contribution is 0.571. The Bertz CT molecular complexity index is 964. The summed E-state index contributed by atoms with van der Waals surface area (Å²) in [6, 6.07) is 14.5. The number of hydrogen-bond acceptors (Lipinski definition) is 4. The Hall–Kier alpha value is -2.11. The first-order chi connectivity index (χ1) is 11.4. The Kier molecular flexibility index (Phi) is 4.73. The van der Waals surface area contributed by atoms with Crippen molar-refractivity contribution < 1.29 is 12.8 Å². The molecule has 0 bridgehead atoms. The maximum atomic E-state index is 12.4. The van der Waals surface area contributed by atoms with Gasteiger partial charge in [0.05, 0.1) is 17.2 Å². The van der Waals surface area contributed by atoms with Crippen molar-refractivity contribution in [3.8, 4) is 11.5 Å². The number of aromatic nitrogens is 1. The second kappa shape index (κ2) is 6.79. The van der Waals surface area contributed by atoms with Crippen molar-refractivity contribution in [1.29, 1.82) is 0 Å². The summed E-state index contributed by atoms with van der Waals surface area (Å²) in [6.07, 6.45) is 1.38. The number of oxazole rings is 1. The van der Waals surface area contributed by atoms with Gasteiger partial charge in [0.2, 0.25) is 5.89 Å². The predicted molar refractivity (Wildman–Crippen MR) is 94.5 cm³/mol. The van der Waals surface area contributed by atoms with Crippen LogP contribution < -0.4 is 0 Å². The monoisotopic (exact) mass is 361 g/mol. The van der Waals surface area contributed by atoms with E-state index in [4.69, 9.17) is 16.0 Å². The quantitative estimate of drug-likeness (QED) is 0.675. The minimum atomic E-state index is -3.33. The van der Waals surface area contributed by atoms with Crippen LogP contribution in [0, 0.1) is 6.92 Å². The summed E-state index contributed by atoms with van der Waals surface area (Å²) >= 11 is 5.95. The first-order valence-electron chi connectivity index (χ1n) is 7.38. The standard InChI is InChI=1S/C18H16ClNO3S/c1-13-4-2-5-14(8-13)11-24(21,22)12-17-10-23-18(20-17)15-6-3-7-16(19)9-15/h2-10H,11-12H2,1H3. The number of benzene rings is 2.